The number of piperidine rings is 2. The highest BCUT2D eigenvalue weighted by atomic mass is 15.2. The highest BCUT2D eigenvalue weighted by Crippen LogP contribution is 2.25. The monoisotopic (exact) mass is 208 g/mol. The smallest absolute Gasteiger partial charge is 0.0221 e. The summed E-state index contributed by atoms with van der Waals surface area (Å²) in [6.07, 6.45) is 5.40. The van der Waals surface area contributed by atoms with Crippen LogP contribution in [-0.4, -0.2) is 37.1 Å². The Morgan fingerprint density at radius 1 is 1.27 bits per heavy atom. The molecule has 0 aromatic heterocycles. The van der Waals surface area contributed by atoms with Crippen LogP contribution in [0.1, 0.15) is 32.6 Å². The first-order valence-corrected chi connectivity index (χ1v) is 6.37. The molecule has 0 aliphatic carbocycles. The van der Waals surface area contributed by atoms with Crippen molar-refractivity contribution in [2.24, 2.45) is 5.92 Å². The lowest BCUT2D eigenvalue weighted by Crippen LogP contribution is -2.49. The number of rotatable bonds is 2. The van der Waals surface area contributed by atoms with Crippen LogP contribution >= 0.6 is 0 Å². The van der Waals surface area contributed by atoms with E-state index in [1.807, 2.05) is 0 Å². The average Bonchev–Trinajstić information content (AvgIpc) is 2.30. The molecule has 0 spiro atoms. The standard InChI is InChI=1S/C13H24N2/c1-11(2)12-5-8-15(9-6-12)13-4-3-7-14-10-13/h12-14H,1,3-10H2,2H3. The first kappa shape index (κ1) is 11.2. The summed E-state index contributed by atoms with van der Waals surface area (Å²) < 4.78 is 0. The molecule has 0 saturated carbocycles. The van der Waals surface area contributed by atoms with Gasteiger partial charge in [0.2, 0.25) is 0 Å². The molecule has 1 N–H and O–H groups in total. The van der Waals surface area contributed by atoms with Crippen LogP contribution < -0.4 is 5.32 Å². The van der Waals surface area contributed by atoms with Crippen LogP contribution in [0.2, 0.25) is 0 Å². The molecule has 2 heteroatoms. The summed E-state index contributed by atoms with van der Waals surface area (Å²) >= 11 is 0. The molecule has 2 nitrogen and oxygen atoms in total. The van der Waals surface area contributed by atoms with E-state index in [0.717, 1.165) is 12.0 Å². The number of nitrogens with zero attached hydrogens (tertiary/aromatic N) is 1. The normalized spacial score (nSPS) is 30.3. The predicted octanol–water partition coefficient (Wildman–Crippen LogP) is 2.03. The largest absolute Gasteiger partial charge is 0.315 e. The molecule has 2 saturated heterocycles. The van der Waals surface area contributed by atoms with Gasteiger partial charge in [0.05, 0.1) is 0 Å². The van der Waals surface area contributed by atoms with E-state index in [2.05, 4.69) is 23.7 Å². The minimum absolute atomic E-state index is 0.790. The quantitative estimate of drug-likeness (QED) is 0.699. The lowest BCUT2D eigenvalue weighted by atomic mass is 9.89. The van der Waals surface area contributed by atoms with Gasteiger partial charge in [0.1, 0.15) is 0 Å². The van der Waals surface area contributed by atoms with Gasteiger partial charge in [-0.15, -0.1) is 0 Å². The van der Waals surface area contributed by atoms with Gasteiger partial charge >= 0.3 is 0 Å². The topological polar surface area (TPSA) is 15.3 Å². The van der Waals surface area contributed by atoms with Crippen molar-refractivity contribution in [1.29, 1.82) is 0 Å². The average molecular weight is 208 g/mol. The zero-order valence-electron chi connectivity index (χ0n) is 9.97. The Balaban J connectivity index is 1.79. The Morgan fingerprint density at radius 2 is 2.00 bits per heavy atom. The number of hydrogen-bond acceptors (Lipinski definition) is 2. The van der Waals surface area contributed by atoms with Crippen molar-refractivity contribution in [3.8, 4) is 0 Å². The lowest BCUT2D eigenvalue weighted by Gasteiger charge is -2.39. The predicted molar refractivity (Wildman–Crippen MR) is 65.0 cm³/mol. The molecule has 0 amide bonds. The highest BCUT2D eigenvalue weighted by Gasteiger charge is 2.25. The van der Waals surface area contributed by atoms with Crippen LogP contribution in [0.4, 0.5) is 0 Å². The SMILES string of the molecule is C=C(C)C1CCN(C2CCCNC2)CC1. The minimum Gasteiger partial charge on any atom is -0.315 e. The third-order valence-electron chi connectivity index (χ3n) is 4.01. The third-order valence-corrected chi connectivity index (χ3v) is 4.01. The summed E-state index contributed by atoms with van der Waals surface area (Å²) in [6, 6.07) is 0.810. The van der Waals surface area contributed by atoms with Gasteiger partial charge in [0, 0.05) is 12.6 Å². The van der Waals surface area contributed by atoms with Crippen LogP contribution in [0, 0.1) is 5.92 Å². The van der Waals surface area contributed by atoms with Crippen molar-refractivity contribution in [3.05, 3.63) is 12.2 Å². The summed E-state index contributed by atoms with van der Waals surface area (Å²) in [5.41, 5.74) is 1.39. The molecule has 1 atom stereocenters. The molecule has 1 unspecified atom stereocenters. The highest BCUT2D eigenvalue weighted by molar-refractivity contribution is 4.99. The van der Waals surface area contributed by atoms with E-state index in [9.17, 15) is 0 Å². The molecule has 2 aliphatic rings. The Hall–Kier alpha value is -0.340. The minimum atomic E-state index is 0.790. The maximum absolute atomic E-state index is 4.09. The van der Waals surface area contributed by atoms with Gasteiger partial charge in [-0.3, -0.25) is 4.90 Å². The molecule has 15 heavy (non-hydrogen) atoms. The van der Waals surface area contributed by atoms with Gasteiger partial charge in [-0.1, -0.05) is 12.2 Å². The van der Waals surface area contributed by atoms with E-state index in [4.69, 9.17) is 0 Å². The van der Waals surface area contributed by atoms with Gasteiger partial charge in [-0.25, -0.2) is 0 Å². The maximum atomic E-state index is 4.09. The molecular weight excluding hydrogens is 184 g/mol. The molecule has 0 radical (unpaired) electrons. The zero-order chi connectivity index (χ0) is 10.7. The van der Waals surface area contributed by atoms with Gasteiger partial charge < -0.3 is 5.32 Å². The van der Waals surface area contributed by atoms with Crippen molar-refractivity contribution in [1.82, 2.24) is 10.2 Å². The third kappa shape index (κ3) is 2.82. The fourth-order valence-electron chi connectivity index (χ4n) is 2.90. The first-order valence-electron chi connectivity index (χ1n) is 6.37. The second-order valence-electron chi connectivity index (χ2n) is 5.16. The Morgan fingerprint density at radius 3 is 2.53 bits per heavy atom. The summed E-state index contributed by atoms with van der Waals surface area (Å²) in [5, 5.41) is 3.51. The number of hydrogen-bond donors (Lipinski definition) is 1. The second kappa shape index (κ2) is 5.13. The Kier molecular flexibility index (Phi) is 3.81. The van der Waals surface area contributed by atoms with Gasteiger partial charge in [-0.05, 0) is 58.2 Å². The molecule has 2 heterocycles. The van der Waals surface area contributed by atoms with E-state index in [1.54, 1.807) is 0 Å². The molecule has 2 aliphatic heterocycles. The van der Waals surface area contributed by atoms with Gasteiger partial charge in [0.25, 0.3) is 0 Å². The van der Waals surface area contributed by atoms with E-state index in [-0.39, 0.29) is 0 Å². The van der Waals surface area contributed by atoms with Crippen molar-refractivity contribution < 1.29 is 0 Å². The van der Waals surface area contributed by atoms with Crippen LogP contribution in [-0.2, 0) is 0 Å². The molecule has 0 aromatic rings. The summed E-state index contributed by atoms with van der Waals surface area (Å²) in [4.78, 5) is 2.69. The van der Waals surface area contributed by atoms with E-state index >= 15 is 0 Å². The number of nitrogens with one attached hydrogen (secondary N) is 1. The summed E-state index contributed by atoms with van der Waals surface area (Å²) in [6.45, 7) is 11.3. The number of likely N-dealkylation sites (tertiary alicyclic amines) is 1. The molecular formula is C13H24N2. The maximum Gasteiger partial charge on any atom is 0.0221 e. The van der Waals surface area contributed by atoms with Crippen molar-refractivity contribution >= 4 is 0 Å². The van der Waals surface area contributed by atoms with E-state index in [0.29, 0.717) is 0 Å². The van der Waals surface area contributed by atoms with Crippen molar-refractivity contribution in [3.63, 3.8) is 0 Å². The summed E-state index contributed by atoms with van der Waals surface area (Å²) in [7, 11) is 0. The van der Waals surface area contributed by atoms with Crippen molar-refractivity contribution in [2.45, 2.75) is 38.6 Å². The first-order chi connectivity index (χ1) is 7.27. The fourth-order valence-corrected chi connectivity index (χ4v) is 2.90. The van der Waals surface area contributed by atoms with E-state index in [1.165, 1.54) is 57.4 Å². The lowest BCUT2D eigenvalue weighted by molar-refractivity contribution is 0.122. The Labute approximate surface area is 93.7 Å². The summed E-state index contributed by atoms with van der Waals surface area (Å²) in [5.74, 6) is 0.790. The van der Waals surface area contributed by atoms with E-state index < -0.39 is 0 Å². The molecule has 0 bridgehead atoms. The zero-order valence-corrected chi connectivity index (χ0v) is 9.97. The van der Waals surface area contributed by atoms with Crippen LogP contribution in [0.5, 0.6) is 0 Å². The molecule has 0 aromatic carbocycles. The van der Waals surface area contributed by atoms with Crippen LogP contribution in [0.3, 0.4) is 0 Å². The molecule has 2 rings (SSSR count). The van der Waals surface area contributed by atoms with Gasteiger partial charge in [0.15, 0.2) is 0 Å². The molecule has 2 fully saturated rings. The van der Waals surface area contributed by atoms with Gasteiger partial charge in [-0.2, -0.15) is 0 Å². The van der Waals surface area contributed by atoms with Crippen molar-refractivity contribution in [2.75, 3.05) is 26.2 Å². The molecule has 86 valence electrons. The van der Waals surface area contributed by atoms with Crippen LogP contribution in [0.25, 0.3) is 0 Å². The second-order valence-corrected chi connectivity index (χ2v) is 5.16. The fraction of sp³-hybridized carbons (Fsp3) is 0.846. The number of allylic oxidation sites excluding steroid dienone is 1. The van der Waals surface area contributed by atoms with Crippen LogP contribution in [0.15, 0.2) is 12.2 Å². The Bertz CT molecular complexity index is 211.